The van der Waals surface area contributed by atoms with Crippen molar-refractivity contribution in [1.82, 2.24) is 9.88 Å². The maximum absolute atomic E-state index is 13.2. The summed E-state index contributed by atoms with van der Waals surface area (Å²) in [7, 11) is 0. The second-order valence-corrected chi connectivity index (χ2v) is 13.6. The number of benzene rings is 1. The number of hydrogen-bond acceptors (Lipinski definition) is 8. The fraction of sp³-hybridized carbons (Fsp3) is 0.655. The molecule has 4 heterocycles. The second kappa shape index (κ2) is 11.1. The van der Waals surface area contributed by atoms with Crippen LogP contribution in [-0.4, -0.2) is 59.1 Å². The predicted molar refractivity (Wildman–Crippen MR) is 159 cm³/mol. The lowest BCUT2D eigenvalue weighted by molar-refractivity contribution is -0.383. The summed E-state index contributed by atoms with van der Waals surface area (Å²) in [6.45, 7) is 6.12. The molecule has 214 valence electrons. The Morgan fingerprint density at radius 2 is 1.80 bits per heavy atom. The van der Waals surface area contributed by atoms with E-state index in [9.17, 15) is 19.7 Å². The first kappa shape index (κ1) is 27.7. The van der Waals surface area contributed by atoms with Gasteiger partial charge in [0, 0.05) is 37.3 Å². The molecule has 1 amide bonds. The number of nitro benzene ring substituents is 1. The quantitative estimate of drug-likeness (QED) is 0.323. The molecule has 1 aliphatic carbocycles. The molecule has 3 fully saturated rings. The van der Waals surface area contributed by atoms with Gasteiger partial charge in [0.25, 0.3) is 17.2 Å². The average molecular weight is 586 g/mol. The summed E-state index contributed by atoms with van der Waals surface area (Å²) in [5.41, 5.74) is 0.294. The summed E-state index contributed by atoms with van der Waals surface area (Å²) in [5.74, 6) is 1.26. The van der Waals surface area contributed by atoms with Crippen LogP contribution in [0.15, 0.2) is 15.9 Å². The predicted octanol–water partition coefficient (Wildman–Crippen LogP) is 5.78. The van der Waals surface area contributed by atoms with E-state index in [4.69, 9.17) is 11.6 Å². The molecule has 0 N–H and O–H groups in total. The number of halogens is 1. The van der Waals surface area contributed by atoms with Gasteiger partial charge in [-0.05, 0) is 76.4 Å². The fourth-order valence-corrected chi connectivity index (χ4v) is 8.64. The number of amides is 1. The maximum Gasteiger partial charge on any atom is 0.291 e. The summed E-state index contributed by atoms with van der Waals surface area (Å²) in [6.07, 6.45) is 11.1. The highest BCUT2D eigenvalue weighted by Gasteiger charge is 2.48. The van der Waals surface area contributed by atoms with E-state index in [0.29, 0.717) is 47.2 Å². The van der Waals surface area contributed by atoms with Crippen LogP contribution in [0, 0.1) is 34.3 Å². The van der Waals surface area contributed by atoms with E-state index in [1.54, 1.807) is 6.92 Å². The van der Waals surface area contributed by atoms with Crippen LogP contribution >= 0.6 is 22.9 Å². The van der Waals surface area contributed by atoms with Crippen LogP contribution in [0.1, 0.15) is 69.8 Å². The molecule has 0 atom stereocenters. The molecule has 1 aromatic heterocycles. The van der Waals surface area contributed by atoms with E-state index in [0.717, 1.165) is 55.3 Å². The molecule has 0 bridgehead atoms. The Labute approximate surface area is 242 Å². The van der Waals surface area contributed by atoms with Crippen molar-refractivity contribution in [3.63, 3.8) is 0 Å². The normalized spacial score (nSPS) is 22.8. The number of hydrogen-bond donors (Lipinski definition) is 0. The molecule has 3 aliphatic heterocycles. The average Bonchev–Trinajstić information content (AvgIpc) is 3.26. The Kier molecular flexibility index (Phi) is 7.69. The molecule has 40 heavy (non-hydrogen) atoms. The van der Waals surface area contributed by atoms with Crippen molar-refractivity contribution < 1.29 is 9.72 Å². The number of nitro groups is 1. The molecule has 1 spiro atoms. The number of fused-ring (bicyclic) bond motifs is 1. The van der Waals surface area contributed by atoms with Crippen molar-refractivity contribution in [3.05, 3.63) is 37.1 Å². The lowest BCUT2D eigenvalue weighted by atomic mass is 9.73. The summed E-state index contributed by atoms with van der Waals surface area (Å²) in [6, 6.07) is 1.47. The monoisotopic (exact) mass is 585 g/mol. The van der Waals surface area contributed by atoms with Gasteiger partial charge < -0.3 is 9.80 Å². The third kappa shape index (κ3) is 5.18. The van der Waals surface area contributed by atoms with Gasteiger partial charge in [-0.25, -0.2) is 4.99 Å². The number of likely N-dealkylation sites (tertiary alicyclic amines) is 1. The minimum atomic E-state index is -0.522. The fourth-order valence-electron chi connectivity index (χ4n) is 7.24. The highest BCUT2D eigenvalue weighted by atomic mass is 35.5. The van der Waals surface area contributed by atoms with Gasteiger partial charge in [0.05, 0.1) is 20.7 Å². The third-order valence-corrected chi connectivity index (χ3v) is 11.3. The van der Waals surface area contributed by atoms with Crippen molar-refractivity contribution in [3.8, 4) is 0 Å². The number of aliphatic imine (C=N–C) groups is 1. The third-order valence-electron chi connectivity index (χ3n) is 9.76. The molecular formula is C29H36ClN5O4S. The maximum atomic E-state index is 13.2. The van der Waals surface area contributed by atoms with Crippen LogP contribution in [0.3, 0.4) is 0 Å². The lowest BCUT2D eigenvalue weighted by Crippen LogP contribution is -2.44. The van der Waals surface area contributed by atoms with E-state index in [-0.39, 0.29) is 22.0 Å². The Balaban J connectivity index is 1.10. The molecule has 1 saturated carbocycles. The first-order chi connectivity index (χ1) is 19.2. The number of piperidine rings is 2. The van der Waals surface area contributed by atoms with E-state index in [2.05, 4.69) is 14.9 Å². The molecule has 6 rings (SSSR count). The molecule has 2 aromatic rings. The Bertz CT molecular complexity index is 1420. The molecule has 2 saturated heterocycles. The topological polar surface area (TPSA) is 109 Å². The summed E-state index contributed by atoms with van der Waals surface area (Å²) in [4.78, 5) is 50.9. The van der Waals surface area contributed by atoms with Gasteiger partial charge in [0.15, 0.2) is 5.13 Å². The lowest BCUT2D eigenvalue weighted by Gasteiger charge is -2.38. The van der Waals surface area contributed by atoms with Gasteiger partial charge >= 0.3 is 0 Å². The van der Waals surface area contributed by atoms with Crippen LogP contribution < -0.4 is 10.5 Å². The number of nitrogens with zero attached hydrogens (tertiary/aromatic N) is 5. The second-order valence-electron chi connectivity index (χ2n) is 12.2. The first-order valence-electron chi connectivity index (χ1n) is 14.6. The molecule has 4 aliphatic rings. The van der Waals surface area contributed by atoms with Gasteiger partial charge in [-0.15, -0.1) is 0 Å². The smallest absolute Gasteiger partial charge is 0.291 e. The van der Waals surface area contributed by atoms with Crippen molar-refractivity contribution >= 4 is 55.5 Å². The van der Waals surface area contributed by atoms with Crippen LogP contribution in [-0.2, 0) is 4.79 Å². The van der Waals surface area contributed by atoms with Gasteiger partial charge in [-0.2, -0.15) is 4.98 Å². The number of carbonyl (C=O) groups excluding carboxylic acids is 1. The van der Waals surface area contributed by atoms with Gasteiger partial charge in [-0.3, -0.25) is 19.7 Å². The highest BCUT2D eigenvalue weighted by molar-refractivity contribution is 7.22. The standard InChI is InChI=1S/C29H36ClN5O4S/c1-18-22(30)15-21-25(24(18)35(38)39)40-28(32-26(21)36)34-13-9-29(10-14-34)16-23(31-27(29)37)20-7-11-33(12-8-20)17-19-5-3-2-4-6-19/h15,19-20H,2-14,16-17H2,1H3. The van der Waals surface area contributed by atoms with E-state index < -0.39 is 15.9 Å². The summed E-state index contributed by atoms with van der Waals surface area (Å²) >= 11 is 7.32. The van der Waals surface area contributed by atoms with Crippen LogP contribution in [0.25, 0.3) is 10.1 Å². The number of carbonyl (C=O) groups is 1. The van der Waals surface area contributed by atoms with Crippen molar-refractivity contribution in [2.45, 2.75) is 71.1 Å². The molecule has 1 aromatic carbocycles. The van der Waals surface area contributed by atoms with Crippen molar-refractivity contribution in [2.75, 3.05) is 37.6 Å². The van der Waals surface area contributed by atoms with Gasteiger partial charge in [0.2, 0.25) is 0 Å². The van der Waals surface area contributed by atoms with Crippen molar-refractivity contribution in [1.29, 1.82) is 0 Å². The Hall–Kier alpha value is -2.43. The highest BCUT2D eigenvalue weighted by Crippen LogP contribution is 2.45. The largest absolute Gasteiger partial charge is 0.348 e. The van der Waals surface area contributed by atoms with E-state index in [1.165, 1.54) is 44.7 Å². The first-order valence-corrected chi connectivity index (χ1v) is 15.8. The minimum Gasteiger partial charge on any atom is -0.348 e. The van der Waals surface area contributed by atoms with Crippen LogP contribution in [0.4, 0.5) is 10.8 Å². The SMILES string of the molecule is Cc1c(Cl)cc2c(=O)nc(N3CCC4(CC3)CC(C3CCN(CC5CCCCC5)CC3)=NC4=O)sc2c1[N+](=O)[O-]. The minimum absolute atomic E-state index is 0.00680. The van der Waals surface area contributed by atoms with Gasteiger partial charge in [0.1, 0.15) is 4.70 Å². The zero-order chi connectivity index (χ0) is 28.0. The molecular weight excluding hydrogens is 550 g/mol. The number of anilines is 1. The number of aromatic nitrogens is 1. The summed E-state index contributed by atoms with van der Waals surface area (Å²) in [5, 5.41) is 12.6. The zero-order valence-electron chi connectivity index (χ0n) is 23.0. The number of rotatable bonds is 5. The van der Waals surface area contributed by atoms with E-state index in [1.807, 2.05) is 4.90 Å². The summed E-state index contributed by atoms with van der Waals surface area (Å²) < 4.78 is 0.291. The Morgan fingerprint density at radius 3 is 2.48 bits per heavy atom. The van der Waals surface area contributed by atoms with Crippen LogP contribution in [0.5, 0.6) is 0 Å². The van der Waals surface area contributed by atoms with Crippen LogP contribution in [0.2, 0.25) is 5.02 Å². The Morgan fingerprint density at radius 1 is 1.10 bits per heavy atom. The molecule has 0 radical (unpaired) electrons. The molecule has 9 nitrogen and oxygen atoms in total. The van der Waals surface area contributed by atoms with Gasteiger partial charge in [-0.1, -0.05) is 42.2 Å². The molecule has 11 heteroatoms. The zero-order valence-corrected chi connectivity index (χ0v) is 24.6. The molecule has 0 unspecified atom stereocenters. The van der Waals surface area contributed by atoms with Crippen molar-refractivity contribution in [2.24, 2.45) is 22.2 Å². The van der Waals surface area contributed by atoms with E-state index >= 15 is 0 Å².